The molecule has 3 aromatic carbocycles. The highest BCUT2D eigenvalue weighted by Gasteiger charge is 2.25. The van der Waals surface area contributed by atoms with E-state index in [9.17, 15) is 4.79 Å². The van der Waals surface area contributed by atoms with Crippen LogP contribution >= 0.6 is 0 Å². The summed E-state index contributed by atoms with van der Waals surface area (Å²) in [5, 5.41) is 5.31. The summed E-state index contributed by atoms with van der Waals surface area (Å²) in [4.78, 5) is 20.1. The van der Waals surface area contributed by atoms with Gasteiger partial charge in [0.05, 0.1) is 6.04 Å². The van der Waals surface area contributed by atoms with E-state index in [0.29, 0.717) is 6.54 Å². The molecule has 31 heavy (non-hydrogen) atoms. The van der Waals surface area contributed by atoms with E-state index < -0.39 is 0 Å². The Morgan fingerprint density at radius 2 is 1.61 bits per heavy atom. The fourth-order valence-electron chi connectivity index (χ4n) is 4.29. The SMILES string of the molecule is CN1CCN([C@@H](CNC(=O)c2cccc3ccccc23)c2ccc(N(C)C)cc2)CC1. The number of hydrogen-bond acceptors (Lipinski definition) is 4. The van der Waals surface area contributed by atoms with Crippen molar-refractivity contribution in [1.29, 1.82) is 0 Å². The summed E-state index contributed by atoms with van der Waals surface area (Å²) >= 11 is 0. The second-order valence-corrected chi connectivity index (χ2v) is 8.58. The minimum absolute atomic E-state index is 0.0131. The van der Waals surface area contributed by atoms with Crippen molar-refractivity contribution < 1.29 is 4.79 Å². The maximum absolute atomic E-state index is 13.1. The first-order valence-corrected chi connectivity index (χ1v) is 11.0. The van der Waals surface area contributed by atoms with Crippen LogP contribution in [0.2, 0.25) is 0 Å². The summed E-state index contributed by atoms with van der Waals surface area (Å²) in [6, 6.07) is 22.8. The minimum Gasteiger partial charge on any atom is -0.378 e. The Morgan fingerprint density at radius 1 is 0.935 bits per heavy atom. The molecule has 3 aromatic rings. The first-order chi connectivity index (χ1) is 15.0. The quantitative estimate of drug-likeness (QED) is 0.666. The monoisotopic (exact) mass is 416 g/mol. The van der Waals surface area contributed by atoms with Gasteiger partial charge in [0.25, 0.3) is 5.91 Å². The number of likely N-dealkylation sites (N-methyl/N-ethyl adjacent to an activating group) is 1. The summed E-state index contributed by atoms with van der Waals surface area (Å²) in [7, 11) is 6.27. The highest BCUT2D eigenvalue weighted by Crippen LogP contribution is 2.25. The number of amides is 1. The molecule has 1 atom stereocenters. The lowest BCUT2D eigenvalue weighted by Crippen LogP contribution is -2.48. The van der Waals surface area contributed by atoms with Crippen molar-refractivity contribution in [3.05, 3.63) is 77.9 Å². The predicted octanol–water partition coefficient (Wildman–Crippen LogP) is 3.62. The summed E-state index contributed by atoms with van der Waals surface area (Å²) in [5.74, 6) is -0.0131. The Morgan fingerprint density at radius 3 is 2.32 bits per heavy atom. The van der Waals surface area contributed by atoms with Gasteiger partial charge in [0.1, 0.15) is 0 Å². The molecule has 1 aliphatic heterocycles. The average Bonchev–Trinajstić information content (AvgIpc) is 2.80. The maximum Gasteiger partial charge on any atom is 0.251 e. The molecule has 4 rings (SSSR count). The van der Waals surface area contributed by atoms with Crippen LogP contribution in [-0.4, -0.2) is 69.6 Å². The number of anilines is 1. The average molecular weight is 417 g/mol. The third-order valence-electron chi connectivity index (χ3n) is 6.26. The number of piperazine rings is 1. The molecular formula is C26H32N4O. The third kappa shape index (κ3) is 4.89. The van der Waals surface area contributed by atoms with E-state index >= 15 is 0 Å². The molecule has 1 amide bonds. The zero-order chi connectivity index (χ0) is 21.8. The van der Waals surface area contributed by atoms with E-state index in [1.807, 2.05) is 42.5 Å². The molecule has 0 aliphatic carbocycles. The molecule has 5 nitrogen and oxygen atoms in total. The lowest BCUT2D eigenvalue weighted by Gasteiger charge is -2.38. The fraction of sp³-hybridized carbons (Fsp3) is 0.346. The molecule has 0 unspecified atom stereocenters. The smallest absolute Gasteiger partial charge is 0.251 e. The Kier molecular flexibility index (Phi) is 6.54. The molecule has 0 saturated carbocycles. The van der Waals surface area contributed by atoms with Crippen molar-refractivity contribution >= 4 is 22.4 Å². The van der Waals surface area contributed by atoms with Gasteiger partial charge < -0.3 is 15.1 Å². The van der Waals surface area contributed by atoms with Crippen molar-refractivity contribution in [2.45, 2.75) is 6.04 Å². The van der Waals surface area contributed by atoms with E-state index in [4.69, 9.17) is 0 Å². The van der Waals surface area contributed by atoms with E-state index in [1.165, 1.54) is 11.3 Å². The highest BCUT2D eigenvalue weighted by molar-refractivity contribution is 6.07. The van der Waals surface area contributed by atoms with Gasteiger partial charge in [0.15, 0.2) is 0 Å². The Labute approximate surface area is 185 Å². The van der Waals surface area contributed by atoms with Crippen molar-refractivity contribution in [2.24, 2.45) is 0 Å². The Bertz CT molecular complexity index is 1020. The van der Waals surface area contributed by atoms with Crippen LogP contribution in [0.4, 0.5) is 5.69 Å². The largest absolute Gasteiger partial charge is 0.378 e. The van der Waals surface area contributed by atoms with Crippen LogP contribution in [0.15, 0.2) is 66.7 Å². The lowest BCUT2D eigenvalue weighted by atomic mass is 10.0. The molecule has 0 aromatic heterocycles. The van der Waals surface area contributed by atoms with Crippen molar-refractivity contribution in [1.82, 2.24) is 15.1 Å². The number of hydrogen-bond donors (Lipinski definition) is 1. The molecule has 1 saturated heterocycles. The Balaban J connectivity index is 1.54. The van der Waals surface area contributed by atoms with Crippen LogP contribution in [0.25, 0.3) is 10.8 Å². The molecule has 1 N–H and O–H groups in total. The van der Waals surface area contributed by atoms with Gasteiger partial charge >= 0.3 is 0 Å². The molecule has 1 heterocycles. The third-order valence-corrected chi connectivity index (χ3v) is 6.26. The number of rotatable bonds is 6. The zero-order valence-corrected chi connectivity index (χ0v) is 18.7. The summed E-state index contributed by atoms with van der Waals surface area (Å²) in [6.07, 6.45) is 0. The fourth-order valence-corrected chi connectivity index (χ4v) is 4.29. The maximum atomic E-state index is 13.1. The Hall–Kier alpha value is -2.89. The normalized spacial score (nSPS) is 16.2. The van der Waals surface area contributed by atoms with Crippen LogP contribution < -0.4 is 10.2 Å². The van der Waals surface area contributed by atoms with Crippen molar-refractivity contribution in [3.63, 3.8) is 0 Å². The molecule has 0 bridgehead atoms. The van der Waals surface area contributed by atoms with Gasteiger partial charge in [-0.15, -0.1) is 0 Å². The second-order valence-electron chi connectivity index (χ2n) is 8.58. The summed E-state index contributed by atoms with van der Waals surface area (Å²) in [6.45, 7) is 4.68. The first kappa shape index (κ1) is 21.3. The lowest BCUT2D eigenvalue weighted by molar-refractivity contribution is 0.0887. The van der Waals surface area contributed by atoms with E-state index in [-0.39, 0.29) is 11.9 Å². The number of nitrogens with one attached hydrogen (secondary N) is 1. The van der Waals surface area contributed by atoms with Gasteiger partial charge in [-0.3, -0.25) is 9.69 Å². The van der Waals surface area contributed by atoms with Gasteiger partial charge in [-0.2, -0.15) is 0 Å². The van der Waals surface area contributed by atoms with Crippen LogP contribution in [0.3, 0.4) is 0 Å². The number of carbonyl (C=O) groups excluding carboxylic acids is 1. The van der Waals surface area contributed by atoms with Crippen LogP contribution in [0.5, 0.6) is 0 Å². The number of benzene rings is 3. The molecule has 162 valence electrons. The van der Waals surface area contributed by atoms with Gasteiger partial charge in [-0.25, -0.2) is 0 Å². The van der Waals surface area contributed by atoms with Crippen LogP contribution in [0.1, 0.15) is 22.0 Å². The predicted molar refractivity (Wildman–Crippen MR) is 129 cm³/mol. The number of fused-ring (bicyclic) bond motifs is 1. The topological polar surface area (TPSA) is 38.8 Å². The summed E-state index contributed by atoms with van der Waals surface area (Å²) < 4.78 is 0. The van der Waals surface area contributed by atoms with Gasteiger partial charge in [0, 0.05) is 58.1 Å². The molecular weight excluding hydrogens is 384 g/mol. The first-order valence-electron chi connectivity index (χ1n) is 11.0. The van der Waals surface area contributed by atoms with E-state index in [0.717, 1.165) is 42.5 Å². The molecule has 0 spiro atoms. The van der Waals surface area contributed by atoms with E-state index in [2.05, 4.69) is 65.4 Å². The second kappa shape index (κ2) is 9.50. The standard InChI is InChI=1S/C26H32N4O/c1-28(2)22-13-11-21(12-14-22)25(30-17-15-29(3)16-18-30)19-27-26(31)24-10-6-8-20-7-4-5-9-23(20)24/h4-14,25H,15-19H2,1-3H3,(H,27,31)/t25-/m0/s1. The van der Waals surface area contributed by atoms with E-state index in [1.54, 1.807) is 0 Å². The van der Waals surface area contributed by atoms with Gasteiger partial charge in [-0.05, 0) is 41.6 Å². The number of nitrogens with zero attached hydrogens (tertiary/aromatic N) is 3. The molecule has 1 fully saturated rings. The number of carbonyl (C=O) groups is 1. The summed E-state index contributed by atoms with van der Waals surface area (Å²) in [5.41, 5.74) is 3.16. The van der Waals surface area contributed by atoms with Gasteiger partial charge in [-0.1, -0.05) is 48.5 Å². The van der Waals surface area contributed by atoms with Crippen LogP contribution in [0, 0.1) is 0 Å². The molecule has 0 radical (unpaired) electrons. The van der Waals surface area contributed by atoms with Crippen molar-refractivity contribution in [2.75, 3.05) is 58.8 Å². The highest BCUT2D eigenvalue weighted by atomic mass is 16.1. The minimum atomic E-state index is -0.0131. The zero-order valence-electron chi connectivity index (χ0n) is 18.7. The van der Waals surface area contributed by atoms with Crippen LogP contribution in [-0.2, 0) is 0 Å². The van der Waals surface area contributed by atoms with Crippen molar-refractivity contribution in [3.8, 4) is 0 Å². The van der Waals surface area contributed by atoms with Gasteiger partial charge in [0.2, 0.25) is 0 Å². The molecule has 5 heteroatoms. The molecule has 1 aliphatic rings.